The average molecular weight is 369 g/mol. The van der Waals surface area contributed by atoms with Gasteiger partial charge in [-0.15, -0.1) is 0 Å². The van der Waals surface area contributed by atoms with E-state index in [4.69, 9.17) is 34.8 Å². The number of hydrogen-bond donors (Lipinski definition) is 1. The zero-order valence-electron chi connectivity index (χ0n) is 11.9. The van der Waals surface area contributed by atoms with E-state index in [0.717, 1.165) is 5.69 Å². The van der Waals surface area contributed by atoms with Crippen molar-refractivity contribution in [3.63, 3.8) is 0 Å². The number of fused-ring (bicyclic) bond motifs is 1. The van der Waals surface area contributed by atoms with E-state index in [0.29, 0.717) is 39.2 Å². The number of rotatable bonds is 4. The van der Waals surface area contributed by atoms with Crippen LogP contribution >= 0.6 is 34.8 Å². The molecule has 0 aliphatic carbocycles. The number of carbonyl (C=O) groups is 1. The minimum Gasteiger partial charge on any atom is -0.352 e. The highest BCUT2D eigenvalue weighted by Crippen LogP contribution is 2.21. The highest BCUT2D eigenvalue weighted by atomic mass is 35.5. The van der Waals surface area contributed by atoms with Gasteiger partial charge in [-0.3, -0.25) is 4.79 Å². The van der Waals surface area contributed by atoms with Crippen LogP contribution in [-0.2, 0) is 6.42 Å². The molecule has 4 nitrogen and oxygen atoms in total. The van der Waals surface area contributed by atoms with Crippen molar-refractivity contribution in [3.05, 3.63) is 69.1 Å². The summed E-state index contributed by atoms with van der Waals surface area (Å²) in [5.41, 5.74) is 2.04. The van der Waals surface area contributed by atoms with Crippen LogP contribution in [0.4, 0.5) is 0 Å². The lowest BCUT2D eigenvalue weighted by Crippen LogP contribution is -2.25. The summed E-state index contributed by atoms with van der Waals surface area (Å²) in [6.07, 6.45) is 4.18. The number of imidazole rings is 1. The maximum absolute atomic E-state index is 12.0. The van der Waals surface area contributed by atoms with Gasteiger partial charge in [0.15, 0.2) is 5.65 Å². The second-order valence-electron chi connectivity index (χ2n) is 4.98. The monoisotopic (exact) mass is 367 g/mol. The molecular weight excluding hydrogens is 357 g/mol. The molecule has 3 rings (SSSR count). The fourth-order valence-electron chi connectivity index (χ4n) is 2.20. The van der Waals surface area contributed by atoms with Crippen molar-refractivity contribution in [2.24, 2.45) is 0 Å². The normalized spacial score (nSPS) is 10.9. The minimum atomic E-state index is -0.147. The van der Waals surface area contributed by atoms with Gasteiger partial charge in [0.1, 0.15) is 0 Å². The smallest absolute Gasteiger partial charge is 0.251 e. The number of hydrogen-bond acceptors (Lipinski definition) is 2. The Balaban J connectivity index is 1.63. The molecule has 0 fully saturated rings. The Labute approximate surface area is 148 Å². The number of aromatic nitrogens is 2. The fraction of sp³-hybridized carbons (Fsp3) is 0.125. The molecule has 1 N–H and O–H groups in total. The predicted molar refractivity (Wildman–Crippen MR) is 92.7 cm³/mol. The first kappa shape index (κ1) is 16.1. The van der Waals surface area contributed by atoms with E-state index >= 15 is 0 Å². The number of halogens is 3. The summed E-state index contributed by atoms with van der Waals surface area (Å²) in [5, 5.41) is 4.48. The second-order valence-corrected chi connectivity index (χ2v) is 6.26. The summed E-state index contributed by atoms with van der Waals surface area (Å²) in [4.78, 5) is 16.4. The zero-order chi connectivity index (χ0) is 16.4. The van der Waals surface area contributed by atoms with E-state index < -0.39 is 0 Å². The molecule has 0 radical (unpaired) electrons. The predicted octanol–water partition coefficient (Wildman–Crippen LogP) is 4.27. The molecule has 2 heterocycles. The SMILES string of the molecule is O=C(NCCc1cn2cc(Cl)cc(Cl)c2n1)c1ccc(Cl)cc1. The topological polar surface area (TPSA) is 46.4 Å². The average Bonchev–Trinajstić information content (AvgIpc) is 2.91. The molecule has 0 aliphatic rings. The molecule has 0 atom stereocenters. The molecule has 118 valence electrons. The van der Waals surface area contributed by atoms with Gasteiger partial charge in [-0.05, 0) is 30.3 Å². The summed E-state index contributed by atoms with van der Waals surface area (Å²) in [6.45, 7) is 0.469. The number of pyridine rings is 1. The largest absolute Gasteiger partial charge is 0.352 e. The number of benzene rings is 1. The van der Waals surface area contributed by atoms with Gasteiger partial charge in [0, 0.05) is 35.9 Å². The third-order valence-corrected chi connectivity index (χ3v) is 4.03. The number of amides is 1. The Hall–Kier alpha value is -1.75. The lowest BCUT2D eigenvalue weighted by Gasteiger charge is -2.03. The van der Waals surface area contributed by atoms with Gasteiger partial charge in [-0.25, -0.2) is 4.98 Å². The lowest BCUT2D eigenvalue weighted by atomic mass is 10.2. The van der Waals surface area contributed by atoms with E-state index in [9.17, 15) is 4.79 Å². The highest BCUT2D eigenvalue weighted by molar-refractivity contribution is 6.36. The van der Waals surface area contributed by atoms with E-state index in [2.05, 4.69) is 10.3 Å². The Bertz CT molecular complexity index is 859. The van der Waals surface area contributed by atoms with Crippen molar-refractivity contribution < 1.29 is 4.79 Å². The van der Waals surface area contributed by atoms with Crippen LogP contribution in [0.1, 0.15) is 16.1 Å². The van der Waals surface area contributed by atoms with Crippen molar-refractivity contribution in [2.75, 3.05) is 6.54 Å². The molecule has 0 unspecified atom stereocenters. The number of carbonyl (C=O) groups excluding carboxylic acids is 1. The van der Waals surface area contributed by atoms with Crippen LogP contribution in [-0.4, -0.2) is 21.8 Å². The number of nitrogens with one attached hydrogen (secondary N) is 1. The van der Waals surface area contributed by atoms with Crippen molar-refractivity contribution in [2.45, 2.75) is 6.42 Å². The highest BCUT2D eigenvalue weighted by Gasteiger charge is 2.08. The molecule has 1 amide bonds. The quantitative estimate of drug-likeness (QED) is 0.747. The summed E-state index contributed by atoms with van der Waals surface area (Å²) in [7, 11) is 0. The van der Waals surface area contributed by atoms with Crippen LogP contribution in [0.15, 0.2) is 42.7 Å². The molecule has 1 aromatic carbocycles. The maximum atomic E-state index is 12.0. The third kappa shape index (κ3) is 3.78. The molecule has 0 saturated heterocycles. The summed E-state index contributed by atoms with van der Waals surface area (Å²) in [6, 6.07) is 8.39. The van der Waals surface area contributed by atoms with Crippen molar-refractivity contribution >= 4 is 46.4 Å². The zero-order valence-corrected chi connectivity index (χ0v) is 14.2. The molecular formula is C16H12Cl3N3O. The molecule has 3 aromatic rings. The minimum absolute atomic E-state index is 0.147. The number of nitrogens with zero attached hydrogens (tertiary/aromatic N) is 2. The van der Waals surface area contributed by atoms with Crippen molar-refractivity contribution in [3.8, 4) is 0 Å². The standard InChI is InChI=1S/C16H12Cl3N3O/c17-11-3-1-10(2-4-11)16(23)20-6-5-13-9-22-8-12(18)7-14(19)15(22)21-13/h1-4,7-9H,5-6H2,(H,20,23). The van der Waals surface area contributed by atoms with E-state index in [-0.39, 0.29) is 5.91 Å². The summed E-state index contributed by atoms with van der Waals surface area (Å²) < 4.78 is 1.78. The van der Waals surface area contributed by atoms with E-state index in [1.807, 2.05) is 6.20 Å². The molecule has 0 bridgehead atoms. The van der Waals surface area contributed by atoms with Gasteiger partial charge in [-0.1, -0.05) is 34.8 Å². The van der Waals surface area contributed by atoms with Crippen LogP contribution in [0.5, 0.6) is 0 Å². The Morgan fingerprint density at radius 3 is 2.57 bits per heavy atom. The van der Waals surface area contributed by atoms with Crippen LogP contribution in [0.25, 0.3) is 5.65 Å². The third-order valence-electron chi connectivity index (χ3n) is 3.30. The van der Waals surface area contributed by atoms with Crippen molar-refractivity contribution in [1.82, 2.24) is 14.7 Å². The summed E-state index contributed by atoms with van der Waals surface area (Å²) in [5.74, 6) is -0.147. The van der Waals surface area contributed by atoms with E-state index in [1.54, 1.807) is 40.9 Å². The van der Waals surface area contributed by atoms with Gasteiger partial charge in [0.25, 0.3) is 5.91 Å². The molecule has 0 saturated carbocycles. The lowest BCUT2D eigenvalue weighted by molar-refractivity contribution is 0.0954. The van der Waals surface area contributed by atoms with Gasteiger partial charge >= 0.3 is 0 Å². The second kappa shape index (κ2) is 6.79. The molecule has 2 aromatic heterocycles. The Morgan fingerprint density at radius 2 is 1.83 bits per heavy atom. The van der Waals surface area contributed by atoms with Crippen LogP contribution in [0.2, 0.25) is 15.1 Å². The van der Waals surface area contributed by atoms with Crippen LogP contribution in [0.3, 0.4) is 0 Å². The first-order valence-electron chi connectivity index (χ1n) is 6.89. The Kier molecular flexibility index (Phi) is 4.76. The summed E-state index contributed by atoms with van der Waals surface area (Å²) >= 11 is 17.9. The first-order valence-corrected chi connectivity index (χ1v) is 8.03. The Morgan fingerprint density at radius 1 is 1.09 bits per heavy atom. The maximum Gasteiger partial charge on any atom is 0.251 e. The first-order chi connectivity index (χ1) is 11.0. The van der Waals surface area contributed by atoms with Gasteiger partial charge in [-0.2, -0.15) is 0 Å². The molecule has 0 aliphatic heterocycles. The molecule has 0 spiro atoms. The van der Waals surface area contributed by atoms with Gasteiger partial charge in [0.05, 0.1) is 15.7 Å². The molecule has 23 heavy (non-hydrogen) atoms. The van der Waals surface area contributed by atoms with Crippen LogP contribution < -0.4 is 5.32 Å². The van der Waals surface area contributed by atoms with E-state index in [1.165, 1.54) is 0 Å². The fourth-order valence-corrected chi connectivity index (χ4v) is 2.86. The van der Waals surface area contributed by atoms with Gasteiger partial charge < -0.3 is 9.72 Å². The van der Waals surface area contributed by atoms with Crippen LogP contribution in [0, 0.1) is 0 Å². The van der Waals surface area contributed by atoms with Crippen molar-refractivity contribution in [1.29, 1.82) is 0 Å². The molecule has 7 heteroatoms. The van der Waals surface area contributed by atoms with Gasteiger partial charge in [0.2, 0.25) is 0 Å².